The van der Waals surface area contributed by atoms with Gasteiger partial charge in [-0.1, -0.05) is 23.8 Å². The Balaban J connectivity index is 1.18. The van der Waals surface area contributed by atoms with E-state index in [1.807, 2.05) is 6.92 Å². The summed E-state index contributed by atoms with van der Waals surface area (Å²) in [6.07, 6.45) is 3.95. The Labute approximate surface area is 229 Å². The van der Waals surface area contributed by atoms with Crippen molar-refractivity contribution in [2.75, 3.05) is 37.7 Å². The minimum Gasteiger partial charge on any atom is -0.488 e. The topological polar surface area (TPSA) is 63.7 Å². The molecule has 0 spiro atoms. The van der Waals surface area contributed by atoms with Gasteiger partial charge in [-0.05, 0) is 99.8 Å². The molecule has 1 saturated carbocycles. The number of carbonyl (C=O) groups is 1. The first-order valence-corrected chi connectivity index (χ1v) is 14.8. The van der Waals surface area contributed by atoms with E-state index < -0.39 is 0 Å². The van der Waals surface area contributed by atoms with E-state index in [-0.39, 0.29) is 11.4 Å². The molecule has 38 heavy (non-hydrogen) atoms. The monoisotopic (exact) mass is 531 g/mol. The van der Waals surface area contributed by atoms with Gasteiger partial charge in [0.15, 0.2) is 5.13 Å². The van der Waals surface area contributed by atoms with Gasteiger partial charge in [-0.15, -0.1) is 11.3 Å². The molecule has 2 atom stereocenters. The van der Waals surface area contributed by atoms with E-state index >= 15 is 0 Å². The van der Waals surface area contributed by atoms with Crippen molar-refractivity contribution in [1.82, 2.24) is 10.3 Å². The van der Waals surface area contributed by atoms with Crippen molar-refractivity contribution in [2.24, 2.45) is 11.3 Å². The molecule has 0 bridgehead atoms. The maximum atomic E-state index is 12.5. The zero-order valence-corrected chi connectivity index (χ0v) is 23.5. The molecule has 1 unspecified atom stereocenters. The summed E-state index contributed by atoms with van der Waals surface area (Å²) < 4.78 is 11.8. The molecular formula is C31H37N3O3S. The number of benzene rings is 2. The number of carbonyl (C=O) groups excluding carboxylic acids is 1. The van der Waals surface area contributed by atoms with Gasteiger partial charge >= 0.3 is 5.97 Å². The number of hydrogen-bond acceptors (Lipinski definition) is 7. The Morgan fingerprint density at radius 2 is 2.08 bits per heavy atom. The highest BCUT2D eigenvalue weighted by atomic mass is 32.1. The van der Waals surface area contributed by atoms with Crippen LogP contribution in [0.2, 0.25) is 0 Å². The molecule has 6 rings (SSSR count). The summed E-state index contributed by atoms with van der Waals surface area (Å²) in [6.45, 7) is 11.0. The third-order valence-electron chi connectivity index (χ3n) is 8.67. The predicted molar refractivity (Wildman–Crippen MR) is 152 cm³/mol. The molecule has 2 aromatic carbocycles. The molecule has 1 aliphatic carbocycles. The summed E-state index contributed by atoms with van der Waals surface area (Å²) in [5.74, 6) is 1.23. The lowest BCUT2D eigenvalue weighted by molar-refractivity contribution is -0.150. The van der Waals surface area contributed by atoms with Gasteiger partial charge < -0.3 is 19.7 Å². The van der Waals surface area contributed by atoms with Crippen LogP contribution >= 0.6 is 11.3 Å². The zero-order valence-electron chi connectivity index (χ0n) is 22.6. The van der Waals surface area contributed by atoms with Crippen molar-refractivity contribution in [3.05, 3.63) is 63.5 Å². The van der Waals surface area contributed by atoms with E-state index in [9.17, 15) is 4.79 Å². The second-order valence-electron chi connectivity index (χ2n) is 11.0. The maximum Gasteiger partial charge on any atom is 0.312 e. The minimum absolute atomic E-state index is 0.00702. The summed E-state index contributed by atoms with van der Waals surface area (Å²) in [5.41, 5.74) is 8.48. The molecule has 2 fully saturated rings. The van der Waals surface area contributed by atoms with Gasteiger partial charge in [0.25, 0.3) is 0 Å². The largest absolute Gasteiger partial charge is 0.488 e. The maximum absolute atomic E-state index is 12.5. The van der Waals surface area contributed by atoms with Crippen molar-refractivity contribution in [3.8, 4) is 17.0 Å². The summed E-state index contributed by atoms with van der Waals surface area (Å²) >= 11 is 1.68. The normalized spacial score (nSPS) is 22.3. The predicted octanol–water partition coefficient (Wildman–Crippen LogP) is 5.47. The summed E-state index contributed by atoms with van der Waals surface area (Å²) in [7, 11) is 0. The van der Waals surface area contributed by atoms with Crippen LogP contribution < -0.4 is 15.0 Å². The number of nitrogens with one attached hydrogen (secondary N) is 1. The van der Waals surface area contributed by atoms with Crippen LogP contribution in [0, 0.1) is 25.2 Å². The van der Waals surface area contributed by atoms with Gasteiger partial charge in [-0.25, -0.2) is 4.98 Å². The summed E-state index contributed by atoms with van der Waals surface area (Å²) in [6, 6.07) is 10.9. The number of fused-ring (bicyclic) bond motifs is 2. The van der Waals surface area contributed by atoms with Crippen LogP contribution in [-0.4, -0.2) is 43.7 Å². The number of piperidine rings is 1. The number of aryl methyl sites for hydroxylation is 1. The molecule has 1 saturated heterocycles. The van der Waals surface area contributed by atoms with Gasteiger partial charge in [-0.2, -0.15) is 0 Å². The number of nitrogens with zero attached hydrogens (tertiary/aromatic N) is 2. The first-order valence-electron chi connectivity index (χ1n) is 13.9. The quantitative estimate of drug-likeness (QED) is 0.408. The molecule has 0 amide bonds. The van der Waals surface area contributed by atoms with Crippen LogP contribution in [0.25, 0.3) is 11.3 Å². The molecular weight excluding hydrogens is 494 g/mol. The lowest BCUT2D eigenvalue weighted by Gasteiger charge is -2.30. The molecule has 3 aromatic rings. The Morgan fingerprint density at radius 1 is 1.21 bits per heavy atom. The van der Waals surface area contributed by atoms with Crippen molar-refractivity contribution < 1.29 is 14.3 Å². The average molecular weight is 532 g/mol. The van der Waals surface area contributed by atoms with Crippen LogP contribution in [0.4, 0.5) is 5.13 Å². The van der Waals surface area contributed by atoms with E-state index in [1.165, 1.54) is 27.8 Å². The zero-order chi connectivity index (χ0) is 26.3. The molecule has 0 radical (unpaired) electrons. The third kappa shape index (κ3) is 4.71. The van der Waals surface area contributed by atoms with E-state index in [4.69, 9.17) is 14.5 Å². The highest BCUT2D eigenvalue weighted by molar-refractivity contribution is 7.14. The molecule has 3 heterocycles. The van der Waals surface area contributed by atoms with Crippen molar-refractivity contribution in [2.45, 2.75) is 53.1 Å². The average Bonchev–Trinajstić information content (AvgIpc) is 3.56. The summed E-state index contributed by atoms with van der Waals surface area (Å²) in [4.78, 5) is 19.8. The second kappa shape index (κ2) is 10.3. The molecule has 3 aliphatic rings. The number of rotatable bonds is 7. The van der Waals surface area contributed by atoms with E-state index in [0.717, 1.165) is 74.0 Å². The lowest BCUT2D eigenvalue weighted by Crippen LogP contribution is -2.38. The van der Waals surface area contributed by atoms with Crippen LogP contribution in [0.3, 0.4) is 0 Å². The number of aromatic nitrogens is 1. The number of esters is 1. The Bertz CT molecular complexity index is 1350. The first-order chi connectivity index (χ1) is 18.5. The SMILES string of the molecule is CCOC(=O)[C@@]12CCN(c3nc(-c4cc(C)ccc4OCc4ccc5c(c4C)CCNCC5)cs3)CC1C2. The summed E-state index contributed by atoms with van der Waals surface area (Å²) in [5, 5.41) is 6.67. The van der Waals surface area contributed by atoms with Gasteiger partial charge in [0, 0.05) is 24.0 Å². The number of thiazole rings is 1. The molecule has 2 aliphatic heterocycles. The highest BCUT2D eigenvalue weighted by Gasteiger charge is 2.63. The van der Waals surface area contributed by atoms with Crippen molar-refractivity contribution >= 4 is 22.4 Å². The van der Waals surface area contributed by atoms with Crippen LogP contribution in [-0.2, 0) is 29.0 Å². The standard InChI is InChI=1S/C31H37N3O3S/c1-4-36-29(35)31-11-14-34(17-24(31)16-31)30-33-27(19-38-30)26-15-20(2)5-8-28(26)37-18-23-7-6-22-9-12-32-13-10-25(22)21(23)3/h5-8,15,19,24,32H,4,9-14,16-18H2,1-3H3/t24?,31-/m1/s1. The van der Waals surface area contributed by atoms with Crippen LogP contribution in [0.15, 0.2) is 35.7 Å². The van der Waals surface area contributed by atoms with E-state index in [1.54, 1.807) is 11.3 Å². The highest BCUT2D eigenvalue weighted by Crippen LogP contribution is 2.59. The van der Waals surface area contributed by atoms with Crippen molar-refractivity contribution in [3.63, 3.8) is 0 Å². The van der Waals surface area contributed by atoms with Crippen LogP contribution in [0.1, 0.15) is 47.6 Å². The fourth-order valence-electron chi connectivity index (χ4n) is 6.24. The third-order valence-corrected chi connectivity index (χ3v) is 9.57. The number of hydrogen-bond donors (Lipinski definition) is 1. The van der Waals surface area contributed by atoms with Gasteiger partial charge in [-0.3, -0.25) is 4.79 Å². The van der Waals surface area contributed by atoms with Crippen molar-refractivity contribution in [1.29, 1.82) is 0 Å². The lowest BCUT2D eigenvalue weighted by atomic mass is 9.94. The number of anilines is 1. The van der Waals surface area contributed by atoms with Crippen LogP contribution in [0.5, 0.6) is 5.75 Å². The molecule has 1 N–H and O–H groups in total. The van der Waals surface area contributed by atoms with Gasteiger partial charge in [0.1, 0.15) is 12.4 Å². The Hall–Kier alpha value is -2.90. The second-order valence-corrected chi connectivity index (χ2v) is 11.9. The van der Waals surface area contributed by atoms with E-state index in [2.05, 4.69) is 59.8 Å². The Kier molecular flexibility index (Phi) is 6.91. The fraction of sp³-hybridized carbons (Fsp3) is 0.484. The number of ether oxygens (including phenoxy) is 2. The molecule has 7 heteroatoms. The molecule has 6 nitrogen and oxygen atoms in total. The fourth-order valence-corrected chi connectivity index (χ4v) is 7.10. The van der Waals surface area contributed by atoms with E-state index in [0.29, 0.717) is 19.1 Å². The smallest absolute Gasteiger partial charge is 0.312 e. The first kappa shape index (κ1) is 25.4. The molecule has 200 valence electrons. The molecule has 1 aromatic heterocycles. The van der Waals surface area contributed by atoms with Gasteiger partial charge in [0.05, 0.1) is 17.7 Å². The Morgan fingerprint density at radius 3 is 2.92 bits per heavy atom. The van der Waals surface area contributed by atoms with Gasteiger partial charge in [0.2, 0.25) is 0 Å². The minimum atomic E-state index is -0.241.